The number of aromatic hydroxyl groups is 1. The van der Waals surface area contributed by atoms with Gasteiger partial charge in [-0.15, -0.1) is 0 Å². The Balaban J connectivity index is 3.31. The van der Waals surface area contributed by atoms with Crippen molar-refractivity contribution in [1.82, 2.24) is 0 Å². The molecular formula is C7H5BrFNO2. The molecule has 0 atom stereocenters. The zero-order valence-corrected chi connectivity index (χ0v) is 7.43. The van der Waals surface area contributed by atoms with Crippen molar-refractivity contribution in [3.63, 3.8) is 0 Å². The molecule has 1 rings (SSSR count). The second kappa shape index (κ2) is 3.10. The molecule has 3 N–H and O–H groups in total. The van der Waals surface area contributed by atoms with E-state index in [0.717, 1.165) is 12.1 Å². The van der Waals surface area contributed by atoms with Crippen LogP contribution in [0.2, 0.25) is 0 Å². The summed E-state index contributed by atoms with van der Waals surface area (Å²) < 4.78 is 12.7. The Morgan fingerprint density at radius 3 is 2.58 bits per heavy atom. The van der Waals surface area contributed by atoms with Gasteiger partial charge in [0.2, 0.25) is 5.91 Å². The van der Waals surface area contributed by atoms with Crippen molar-refractivity contribution < 1.29 is 14.3 Å². The lowest BCUT2D eigenvalue weighted by atomic mass is 10.2. The average molecular weight is 234 g/mol. The molecule has 0 bridgehead atoms. The zero-order valence-electron chi connectivity index (χ0n) is 5.84. The fourth-order valence-corrected chi connectivity index (χ4v) is 0.946. The van der Waals surface area contributed by atoms with Gasteiger partial charge in [-0.2, -0.15) is 0 Å². The second-order valence-electron chi connectivity index (χ2n) is 2.16. The van der Waals surface area contributed by atoms with E-state index < -0.39 is 11.7 Å². The summed E-state index contributed by atoms with van der Waals surface area (Å²) in [5.41, 5.74) is 4.81. The van der Waals surface area contributed by atoms with E-state index in [2.05, 4.69) is 15.9 Å². The monoisotopic (exact) mass is 233 g/mol. The van der Waals surface area contributed by atoms with E-state index in [-0.39, 0.29) is 15.8 Å². The number of phenolic OH excluding ortho intramolecular Hbond substituents is 1. The summed E-state index contributed by atoms with van der Waals surface area (Å²) in [5.74, 6) is -1.84. The van der Waals surface area contributed by atoms with E-state index in [1.807, 2.05) is 0 Å². The fraction of sp³-hybridized carbons (Fsp3) is 0. The first-order valence-corrected chi connectivity index (χ1v) is 3.79. The van der Waals surface area contributed by atoms with Crippen LogP contribution in [0.25, 0.3) is 0 Å². The van der Waals surface area contributed by atoms with Crippen LogP contribution in [0, 0.1) is 5.82 Å². The molecule has 0 radical (unpaired) electrons. The maximum atomic E-state index is 12.8. The highest BCUT2D eigenvalue weighted by atomic mass is 79.9. The third kappa shape index (κ3) is 1.55. The van der Waals surface area contributed by atoms with Crippen molar-refractivity contribution in [2.75, 3.05) is 0 Å². The highest BCUT2D eigenvalue weighted by molar-refractivity contribution is 9.10. The molecule has 0 aliphatic rings. The van der Waals surface area contributed by atoms with E-state index in [4.69, 9.17) is 10.8 Å². The summed E-state index contributed by atoms with van der Waals surface area (Å²) in [5, 5.41) is 9.04. The molecule has 0 saturated carbocycles. The van der Waals surface area contributed by atoms with Crippen molar-refractivity contribution in [1.29, 1.82) is 0 Å². The molecule has 0 unspecified atom stereocenters. The van der Waals surface area contributed by atoms with Crippen LogP contribution in [0.1, 0.15) is 10.4 Å². The molecule has 1 aromatic rings. The second-order valence-corrected chi connectivity index (χ2v) is 2.95. The predicted octanol–water partition coefficient (Wildman–Crippen LogP) is 1.39. The van der Waals surface area contributed by atoms with Gasteiger partial charge in [0.25, 0.3) is 0 Å². The van der Waals surface area contributed by atoms with Crippen molar-refractivity contribution >= 4 is 21.8 Å². The number of hydrogen-bond donors (Lipinski definition) is 2. The summed E-state index contributed by atoms with van der Waals surface area (Å²) >= 11 is 2.79. The van der Waals surface area contributed by atoms with E-state index in [1.165, 1.54) is 0 Å². The zero-order chi connectivity index (χ0) is 9.30. The maximum absolute atomic E-state index is 12.8. The summed E-state index contributed by atoms with van der Waals surface area (Å²) in [7, 11) is 0. The first kappa shape index (κ1) is 8.99. The van der Waals surface area contributed by atoms with Gasteiger partial charge < -0.3 is 10.8 Å². The summed E-state index contributed by atoms with van der Waals surface area (Å²) in [4.78, 5) is 10.5. The number of hydrogen-bond acceptors (Lipinski definition) is 2. The molecule has 1 amide bonds. The lowest BCUT2D eigenvalue weighted by molar-refractivity contribution is 0.0999. The van der Waals surface area contributed by atoms with Crippen LogP contribution in [0.15, 0.2) is 16.6 Å². The maximum Gasteiger partial charge on any atom is 0.248 e. The molecule has 0 heterocycles. The quantitative estimate of drug-likeness (QED) is 0.771. The third-order valence-electron chi connectivity index (χ3n) is 1.29. The van der Waals surface area contributed by atoms with Crippen LogP contribution in [0.4, 0.5) is 4.39 Å². The first-order valence-electron chi connectivity index (χ1n) is 3.00. The van der Waals surface area contributed by atoms with Gasteiger partial charge in [-0.05, 0) is 28.1 Å². The fourth-order valence-electron chi connectivity index (χ4n) is 0.717. The summed E-state index contributed by atoms with van der Waals surface area (Å²) in [6, 6.07) is 2.04. The Bertz CT molecular complexity index is 317. The highest BCUT2D eigenvalue weighted by Crippen LogP contribution is 2.27. The van der Waals surface area contributed by atoms with Crippen molar-refractivity contribution in [2.45, 2.75) is 0 Å². The molecule has 64 valence electrons. The minimum Gasteiger partial charge on any atom is -0.507 e. The Morgan fingerprint density at radius 2 is 2.17 bits per heavy atom. The molecule has 0 spiro atoms. The topological polar surface area (TPSA) is 63.3 Å². The van der Waals surface area contributed by atoms with Gasteiger partial charge in [-0.3, -0.25) is 4.79 Å². The van der Waals surface area contributed by atoms with E-state index >= 15 is 0 Å². The van der Waals surface area contributed by atoms with Crippen LogP contribution < -0.4 is 5.73 Å². The predicted molar refractivity (Wildman–Crippen MR) is 44.3 cm³/mol. The van der Waals surface area contributed by atoms with Gasteiger partial charge in [-0.1, -0.05) is 0 Å². The van der Waals surface area contributed by atoms with Gasteiger partial charge in [-0.25, -0.2) is 4.39 Å². The molecule has 0 fully saturated rings. The Kier molecular flexibility index (Phi) is 2.32. The van der Waals surface area contributed by atoms with Gasteiger partial charge in [0, 0.05) is 5.56 Å². The van der Waals surface area contributed by atoms with Crippen LogP contribution in [-0.2, 0) is 0 Å². The lowest BCUT2D eigenvalue weighted by Gasteiger charge is -2.00. The largest absolute Gasteiger partial charge is 0.507 e. The Hall–Kier alpha value is -1.10. The third-order valence-corrected chi connectivity index (χ3v) is 2.08. The van der Waals surface area contributed by atoms with Crippen molar-refractivity contribution in [3.8, 4) is 5.75 Å². The van der Waals surface area contributed by atoms with Crippen molar-refractivity contribution in [3.05, 3.63) is 28.0 Å². The number of carbonyl (C=O) groups excluding carboxylic acids is 1. The van der Waals surface area contributed by atoms with Crippen LogP contribution >= 0.6 is 15.9 Å². The molecule has 0 saturated heterocycles. The number of carbonyl (C=O) groups is 1. The standard InChI is InChI=1S/C7H5BrFNO2/c8-6-4(9)1-3(7(10)12)2-5(6)11/h1-2,11H,(H2,10,12). The van der Waals surface area contributed by atoms with Gasteiger partial charge in [0.15, 0.2) is 0 Å². The summed E-state index contributed by atoms with van der Waals surface area (Å²) in [6.45, 7) is 0. The number of phenols is 1. The number of nitrogens with two attached hydrogens (primary N) is 1. The summed E-state index contributed by atoms with van der Waals surface area (Å²) in [6.07, 6.45) is 0. The number of halogens is 2. The molecule has 5 heteroatoms. The van der Waals surface area contributed by atoms with Crippen LogP contribution in [0.3, 0.4) is 0 Å². The number of benzene rings is 1. The Labute approximate surface area is 76.1 Å². The molecule has 12 heavy (non-hydrogen) atoms. The Morgan fingerprint density at radius 1 is 1.58 bits per heavy atom. The number of primary amides is 1. The number of amides is 1. The molecule has 3 nitrogen and oxygen atoms in total. The SMILES string of the molecule is NC(=O)c1cc(O)c(Br)c(F)c1. The van der Waals surface area contributed by atoms with Crippen LogP contribution in [0.5, 0.6) is 5.75 Å². The van der Waals surface area contributed by atoms with E-state index in [1.54, 1.807) is 0 Å². The van der Waals surface area contributed by atoms with E-state index in [0.29, 0.717) is 0 Å². The van der Waals surface area contributed by atoms with Crippen LogP contribution in [-0.4, -0.2) is 11.0 Å². The minimum atomic E-state index is -0.781. The van der Waals surface area contributed by atoms with Gasteiger partial charge >= 0.3 is 0 Å². The molecule has 0 aliphatic carbocycles. The highest BCUT2D eigenvalue weighted by Gasteiger charge is 2.09. The molecular weight excluding hydrogens is 229 g/mol. The minimum absolute atomic E-state index is 0.0619. The van der Waals surface area contributed by atoms with Gasteiger partial charge in [0.05, 0.1) is 4.47 Å². The molecule has 1 aromatic carbocycles. The molecule has 0 aromatic heterocycles. The lowest BCUT2D eigenvalue weighted by Crippen LogP contribution is -2.11. The normalized spacial score (nSPS) is 9.83. The number of rotatable bonds is 1. The smallest absolute Gasteiger partial charge is 0.248 e. The van der Waals surface area contributed by atoms with E-state index in [9.17, 15) is 9.18 Å². The molecule has 0 aliphatic heterocycles. The van der Waals surface area contributed by atoms with Crippen molar-refractivity contribution in [2.24, 2.45) is 5.73 Å². The average Bonchev–Trinajstić information content (AvgIpc) is 1.99. The van der Waals surface area contributed by atoms with Gasteiger partial charge in [0.1, 0.15) is 11.6 Å². The first-order chi connectivity index (χ1) is 5.52.